The molecule has 1 fully saturated rings. The predicted molar refractivity (Wildman–Crippen MR) is 117 cm³/mol. The van der Waals surface area contributed by atoms with Gasteiger partial charge in [-0.1, -0.05) is 39.5 Å². The van der Waals surface area contributed by atoms with Gasteiger partial charge in [0.25, 0.3) is 0 Å². The molecule has 0 bridgehead atoms. The number of thioether (sulfide) groups is 1. The van der Waals surface area contributed by atoms with Crippen LogP contribution < -0.4 is 0 Å². The van der Waals surface area contributed by atoms with Crippen molar-refractivity contribution >= 4 is 27.5 Å². The van der Waals surface area contributed by atoms with Crippen LogP contribution >= 0.6 is 11.8 Å². The summed E-state index contributed by atoms with van der Waals surface area (Å²) in [6, 6.07) is 3.41. The van der Waals surface area contributed by atoms with Crippen molar-refractivity contribution in [2.45, 2.75) is 51.9 Å². The van der Waals surface area contributed by atoms with Crippen molar-refractivity contribution in [3.63, 3.8) is 0 Å². The van der Waals surface area contributed by atoms with E-state index in [4.69, 9.17) is 4.42 Å². The van der Waals surface area contributed by atoms with Crippen molar-refractivity contribution in [1.29, 1.82) is 0 Å². The van der Waals surface area contributed by atoms with Gasteiger partial charge in [-0.3, -0.25) is 9.36 Å². The minimum atomic E-state index is -3.06. The normalized spacial score (nSPS) is 18.4. The summed E-state index contributed by atoms with van der Waals surface area (Å²) in [5, 5.41) is 9.22. The second-order valence-electron chi connectivity index (χ2n) is 8.57. The highest BCUT2D eigenvalue weighted by Gasteiger charge is 2.35. The van der Waals surface area contributed by atoms with E-state index >= 15 is 0 Å². The first-order chi connectivity index (χ1) is 14.2. The van der Waals surface area contributed by atoms with E-state index in [1.165, 1.54) is 11.8 Å². The van der Waals surface area contributed by atoms with Crippen molar-refractivity contribution in [3.8, 4) is 11.6 Å². The van der Waals surface area contributed by atoms with E-state index in [1.807, 2.05) is 24.5 Å². The Kier molecular flexibility index (Phi) is 7.28. The molecule has 2 aromatic heterocycles. The van der Waals surface area contributed by atoms with E-state index in [2.05, 4.69) is 24.0 Å². The summed E-state index contributed by atoms with van der Waals surface area (Å²) < 4.78 is 31.3. The van der Waals surface area contributed by atoms with Gasteiger partial charge in [-0.05, 0) is 30.4 Å². The summed E-state index contributed by atoms with van der Waals surface area (Å²) in [6.45, 7) is 9.54. The number of sulfone groups is 1. The fourth-order valence-corrected chi connectivity index (χ4v) is 6.16. The molecule has 2 aromatic rings. The zero-order chi connectivity index (χ0) is 21.9. The van der Waals surface area contributed by atoms with E-state index in [-0.39, 0.29) is 35.1 Å². The molecule has 1 atom stereocenters. The monoisotopic (exact) mass is 454 g/mol. The van der Waals surface area contributed by atoms with E-state index < -0.39 is 9.84 Å². The van der Waals surface area contributed by atoms with Gasteiger partial charge in [0.05, 0.1) is 23.5 Å². The summed E-state index contributed by atoms with van der Waals surface area (Å²) in [4.78, 5) is 14.8. The average molecular weight is 455 g/mol. The van der Waals surface area contributed by atoms with E-state index in [1.54, 1.807) is 17.2 Å². The SMILES string of the molecule is CC(C)CN(C(=O)CSc1nnc(-c2ccco2)n1CC(C)C)C1CCS(=O)(=O)C1. The molecule has 0 spiro atoms. The number of hydrogen-bond donors (Lipinski definition) is 0. The van der Waals surface area contributed by atoms with Crippen molar-refractivity contribution in [3.05, 3.63) is 18.4 Å². The van der Waals surface area contributed by atoms with Gasteiger partial charge in [0, 0.05) is 19.1 Å². The van der Waals surface area contributed by atoms with Crippen molar-refractivity contribution in [2.75, 3.05) is 23.8 Å². The smallest absolute Gasteiger partial charge is 0.233 e. The highest BCUT2D eigenvalue weighted by atomic mass is 32.2. The summed E-state index contributed by atoms with van der Waals surface area (Å²) in [7, 11) is -3.06. The molecule has 0 aliphatic carbocycles. The number of amides is 1. The molecule has 1 amide bonds. The van der Waals surface area contributed by atoms with Crippen molar-refractivity contribution in [2.24, 2.45) is 11.8 Å². The zero-order valence-corrected chi connectivity index (χ0v) is 19.6. The third-order valence-corrected chi connectivity index (χ3v) is 7.56. The van der Waals surface area contributed by atoms with Crippen LogP contribution in [0.5, 0.6) is 0 Å². The molecule has 0 N–H and O–H groups in total. The van der Waals surface area contributed by atoms with Gasteiger partial charge >= 0.3 is 0 Å². The Labute approximate surface area is 182 Å². The summed E-state index contributed by atoms with van der Waals surface area (Å²) in [5.41, 5.74) is 0. The van der Waals surface area contributed by atoms with Gasteiger partial charge < -0.3 is 9.32 Å². The second-order valence-corrected chi connectivity index (χ2v) is 11.7. The first-order valence-corrected chi connectivity index (χ1v) is 13.1. The molecule has 3 heterocycles. The Balaban J connectivity index is 1.75. The quantitative estimate of drug-likeness (QED) is 0.537. The fraction of sp³-hybridized carbons (Fsp3) is 0.650. The molecule has 30 heavy (non-hydrogen) atoms. The van der Waals surface area contributed by atoms with Crippen LogP contribution in [-0.4, -0.2) is 63.8 Å². The van der Waals surface area contributed by atoms with Gasteiger partial charge in [-0.15, -0.1) is 10.2 Å². The van der Waals surface area contributed by atoms with Crippen LogP contribution in [0, 0.1) is 11.8 Å². The number of nitrogens with zero attached hydrogens (tertiary/aromatic N) is 4. The minimum Gasteiger partial charge on any atom is -0.461 e. The van der Waals surface area contributed by atoms with Gasteiger partial charge in [-0.2, -0.15) is 0 Å². The lowest BCUT2D eigenvalue weighted by Gasteiger charge is -2.30. The molecule has 8 nitrogen and oxygen atoms in total. The van der Waals surface area contributed by atoms with E-state index in [0.29, 0.717) is 42.2 Å². The molecule has 10 heteroatoms. The minimum absolute atomic E-state index is 0.0578. The number of hydrogen-bond acceptors (Lipinski definition) is 7. The summed E-state index contributed by atoms with van der Waals surface area (Å²) in [5.74, 6) is 2.25. The maximum Gasteiger partial charge on any atom is 0.233 e. The summed E-state index contributed by atoms with van der Waals surface area (Å²) >= 11 is 1.34. The number of carbonyl (C=O) groups excluding carboxylic acids is 1. The van der Waals surface area contributed by atoms with Crippen LogP contribution in [0.15, 0.2) is 28.0 Å². The molecule has 3 rings (SSSR count). The Bertz CT molecular complexity index is 952. The van der Waals surface area contributed by atoms with Crippen molar-refractivity contribution in [1.82, 2.24) is 19.7 Å². The van der Waals surface area contributed by atoms with Gasteiger partial charge in [-0.25, -0.2) is 8.42 Å². The summed E-state index contributed by atoms with van der Waals surface area (Å²) in [6.07, 6.45) is 2.11. The molecule has 1 aliphatic heterocycles. The molecular formula is C20H30N4O4S2. The van der Waals surface area contributed by atoms with Crippen molar-refractivity contribution < 1.29 is 17.6 Å². The Morgan fingerprint density at radius 1 is 1.30 bits per heavy atom. The first-order valence-electron chi connectivity index (χ1n) is 10.3. The third kappa shape index (κ3) is 5.66. The number of aromatic nitrogens is 3. The highest BCUT2D eigenvalue weighted by Crippen LogP contribution is 2.27. The number of carbonyl (C=O) groups is 1. The number of furan rings is 1. The fourth-order valence-electron chi connectivity index (χ4n) is 3.59. The van der Waals surface area contributed by atoms with Crippen LogP contribution in [0.4, 0.5) is 0 Å². The highest BCUT2D eigenvalue weighted by molar-refractivity contribution is 7.99. The van der Waals surface area contributed by atoms with E-state index in [9.17, 15) is 13.2 Å². The Morgan fingerprint density at radius 3 is 2.63 bits per heavy atom. The first kappa shape index (κ1) is 22.9. The third-order valence-electron chi connectivity index (χ3n) is 4.86. The molecule has 1 saturated heterocycles. The predicted octanol–water partition coefficient (Wildman–Crippen LogP) is 2.96. The van der Waals surface area contributed by atoms with Gasteiger partial charge in [0.2, 0.25) is 5.91 Å². The van der Waals surface area contributed by atoms with Crippen LogP contribution in [-0.2, 0) is 21.2 Å². The molecule has 1 aliphatic rings. The maximum atomic E-state index is 13.1. The van der Waals surface area contributed by atoms with Crippen LogP contribution in [0.1, 0.15) is 34.1 Å². The molecule has 1 unspecified atom stereocenters. The van der Waals surface area contributed by atoms with Gasteiger partial charge in [0.15, 0.2) is 26.6 Å². The van der Waals surface area contributed by atoms with E-state index in [0.717, 1.165) is 0 Å². The average Bonchev–Trinajstić information content (AvgIpc) is 3.37. The van der Waals surface area contributed by atoms with Crippen LogP contribution in [0.2, 0.25) is 0 Å². The second kappa shape index (κ2) is 9.55. The zero-order valence-electron chi connectivity index (χ0n) is 17.9. The standard InChI is InChI=1S/C20H30N4O4S2/c1-14(2)10-23(16-7-9-30(26,27)13-16)18(25)12-29-20-22-21-19(17-6-5-8-28-17)24(20)11-15(3)4/h5-6,8,14-16H,7,9-13H2,1-4H3. The number of rotatable bonds is 9. The Hall–Kier alpha value is -1.81. The molecule has 0 radical (unpaired) electrons. The van der Waals surface area contributed by atoms with Crippen LogP contribution in [0.25, 0.3) is 11.6 Å². The topological polar surface area (TPSA) is 98.3 Å². The maximum absolute atomic E-state index is 13.1. The molecule has 166 valence electrons. The largest absolute Gasteiger partial charge is 0.461 e. The van der Waals surface area contributed by atoms with Gasteiger partial charge in [0.1, 0.15) is 0 Å². The molecule has 0 saturated carbocycles. The van der Waals surface area contributed by atoms with Crippen LogP contribution in [0.3, 0.4) is 0 Å². The lowest BCUT2D eigenvalue weighted by Crippen LogP contribution is -2.44. The lowest BCUT2D eigenvalue weighted by atomic mass is 10.1. The molecule has 0 aromatic carbocycles. The Morgan fingerprint density at radius 2 is 2.07 bits per heavy atom. The lowest BCUT2D eigenvalue weighted by molar-refractivity contribution is -0.130. The molecular weight excluding hydrogens is 424 g/mol.